The predicted octanol–water partition coefficient (Wildman–Crippen LogP) is 6.71. The number of amides is 1. The van der Waals surface area contributed by atoms with E-state index < -0.39 is 6.29 Å². The van der Waals surface area contributed by atoms with E-state index in [0.717, 1.165) is 113 Å². The molecule has 2 aliphatic rings. The number of para-hydroxylation sites is 1. The highest BCUT2D eigenvalue weighted by atomic mass is 16.5. The largest absolute Gasteiger partial charge is 0.493 e. The first-order chi connectivity index (χ1) is 29.2. The van der Waals surface area contributed by atoms with Gasteiger partial charge in [0.25, 0.3) is 0 Å². The number of carbonyl (C=O) groups is 1. The molecular formula is C48H58N6O6. The maximum absolute atomic E-state index is 12.5. The van der Waals surface area contributed by atoms with Gasteiger partial charge in [0.15, 0.2) is 6.29 Å². The number of ether oxygens (including phenoxy) is 3. The Morgan fingerprint density at radius 1 is 0.833 bits per heavy atom. The highest BCUT2D eigenvalue weighted by Crippen LogP contribution is 2.40. The maximum Gasteiger partial charge on any atom is 0.225 e. The standard InChI is InChI=1S/C48H58N6O6/c1-33(2)47(55)53-24-22-52(23-25-53)36-17-19-37(20-18-36)60-32-42-44(34(3)49-50(42)4)41-14-8-13-39-40(15-9-29-59-43-16-7-11-35-10-5-6-12-38(35)43)46(48(56)57)54(45(39)41)26-21-51-27-30-58-31-28-51/h5-8,10-14,16-20,33,48,56-57H,9,15,21-32H2,1-4H3. The summed E-state index contributed by atoms with van der Waals surface area (Å²) < 4.78 is 22.5. The van der Waals surface area contributed by atoms with Gasteiger partial charge >= 0.3 is 0 Å². The molecule has 4 aromatic carbocycles. The van der Waals surface area contributed by atoms with Crippen molar-refractivity contribution >= 4 is 33.3 Å². The molecule has 4 heterocycles. The van der Waals surface area contributed by atoms with Crippen molar-refractivity contribution in [3.8, 4) is 22.6 Å². The minimum atomic E-state index is -1.67. The molecule has 8 rings (SSSR count). The number of fused-ring (bicyclic) bond motifs is 2. The minimum absolute atomic E-state index is 0.0108. The zero-order valence-corrected chi connectivity index (χ0v) is 35.3. The normalized spacial score (nSPS) is 15.2. The molecule has 12 nitrogen and oxygen atoms in total. The van der Waals surface area contributed by atoms with E-state index in [4.69, 9.17) is 19.3 Å². The number of morpholine rings is 1. The molecule has 0 atom stereocenters. The number of aryl methyl sites for hydroxylation is 3. The molecule has 2 aliphatic heterocycles. The second-order valence-electron chi connectivity index (χ2n) is 16.3. The Labute approximate surface area is 352 Å². The van der Waals surface area contributed by atoms with Crippen molar-refractivity contribution in [3.05, 3.63) is 108 Å². The maximum atomic E-state index is 12.5. The van der Waals surface area contributed by atoms with Crippen LogP contribution in [-0.2, 0) is 36.2 Å². The highest BCUT2D eigenvalue weighted by molar-refractivity contribution is 5.99. The Balaban J connectivity index is 1.06. The van der Waals surface area contributed by atoms with Crippen LogP contribution in [0.5, 0.6) is 11.5 Å². The van der Waals surface area contributed by atoms with Crippen LogP contribution < -0.4 is 14.4 Å². The summed E-state index contributed by atoms with van der Waals surface area (Å²) in [6, 6.07) is 28.8. The first-order valence-electron chi connectivity index (χ1n) is 21.4. The van der Waals surface area contributed by atoms with Gasteiger partial charge in [0.2, 0.25) is 5.91 Å². The average Bonchev–Trinajstić information content (AvgIpc) is 3.75. The number of hydrogen-bond acceptors (Lipinski definition) is 9. The fourth-order valence-corrected chi connectivity index (χ4v) is 8.99. The summed E-state index contributed by atoms with van der Waals surface area (Å²) >= 11 is 0. The molecule has 2 N–H and O–H groups in total. The van der Waals surface area contributed by atoms with Crippen LogP contribution in [-0.4, -0.2) is 106 Å². The molecule has 316 valence electrons. The quantitative estimate of drug-likeness (QED) is 0.0862. The Bertz CT molecular complexity index is 2400. The molecule has 0 saturated carbocycles. The summed E-state index contributed by atoms with van der Waals surface area (Å²) in [7, 11) is 1.95. The van der Waals surface area contributed by atoms with E-state index in [1.807, 2.05) is 73.8 Å². The lowest BCUT2D eigenvalue weighted by Gasteiger charge is -2.37. The third kappa shape index (κ3) is 8.74. The summed E-state index contributed by atoms with van der Waals surface area (Å²) in [5, 5.41) is 30.3. The van der Waals surface area contributed by atoms with Gasteiger partial charge < -0.3 is 38.8 Å². The van der Waals surface area contributed by atoms with Gasteiger partial charge in [0.05, 0.1) is 42.4 Å². The first-order valence-corrected chi connectivity index (χ1v) is 21.4. The smallest absolute Gasteiger partial charge is 0.225 e. The first kappa shape index (κ1) is 41.3. The molecule has 1 amide bonds. The van der Waals surface area contributed by atoms with E-state index in [0.29, 0.717) is 51.5 Å². The molecule has 2 saturated heterocycles. The predicted molar refractivity (Wildman–Crippen MR) is 235 cm³/mol. The van der Waals surface area contributed by atoms with Gasteiger partial charge in [-0.05, 0) is 61.0 Å². The van der Waals surface area contributed by atoms with Crippen molar-refractivity contribution in [3.63, 3.8) is 0 Å². The number of nitrogens with zero attached hydrogens (tertiary/aromatic N) is 6. The molecule has 2 fully saturated rings. The third-order valence-electron chi connectivity index (χ3n) is 12.1. The lowest BCUT2D eigenvalue weighted by molar-refractivity contribution is -0.134. The van der Waals surface area contributed by atoms with Crippen molar-refractivity contribution in [1.82, 2.24) is 24.1 Å². The van der Waals surface area contributed by atoms with Crippen molar-refractivity contribution in [1.29, 1.82) is 0 Å². The molecule has 0 aliphatic carbocycles. The van der Waals surface area contributed by atoms with Crippen LogP contribution in [0.2, 0.25) is 0 Å². The molecule has 0 unspecified atom stereocenters. The molecule has 12 heteroatoms. The van der Waals surface area contributed by atoms with E-state index in [9.17, 15) is 15.0 Å². The fraction of sp³-hybridized carbons (Fsp3) is 0.417. The van der Waals surface area contributed by atoms with Crippen molar-refractivity contribution < 1.29 is 29.2 Å². The van der Waals surface area contributed by atoms with E-state index in [-0.39, 0.29) is 11.8 Å². The Hall–Kier alpha value is -5.40. The number of anilines is 1. The lowest BCUT2D eigenvalue weighted by Crippen LogP contribution is -2.49. The number of carbonyl (C=O) groups excluding carboxylic acids is 1. The molecule has 6 aromatic rings. The summed E-state index contributed by atoms with van der Waals surface area (Å²) in [6.07, 6.45) is -0.379. The fourth-order valence-electron chi connectivity index (χ4n) is 8.99. The number of aromatic nitrogens is 3. The number of piperazine rings is 1. The van der Waals surface area contributed by atoms with Crippen molar-refractivity contribution in [2.75, 3.05) is 70.5 Å². The second-order valence-corrected chi connectivity index (χ2v) is 16.3. The average molecular weight is 815 g/mol. The van der Waals surface area contributed by atoms with Crippen LogP contribution in [0.15, 0.2) is 84.9 Å². The van der Waals surface area contributed by atoms with Gasteiger partial charge in [0.1, 0.15) is 18.1 Å². The Morgan fingerprint density at radius 2 is 1.55 bits per heavy atom. The SMILES string of the molecule is Cc1nn(C)c(COc2ccc(N3CCN(C(=O)C(C)C)CC3)cc2)c1-c1cccc2c(CCCOc3cccc4ccccc34)c(C(O)O)n(CCN3CCOCC3)c12. The van der Waals surface area contributed by atoms with Crippen molar-refractivity contribution in [2.45, 2.75) is 53.1 Å². The topological polar surface area (TPSA) is 118 Å². The van der Waals surface area contributed by atoms with Crippen LogP contribution in [0.1, 0.15) is 49.2 Å². The summed E-state index contributed by atoms with van der Waals surface area (Å²) in [6.45, 7) is 14.1. The van der Waals surface area contributed by atoms with Crippen LogP contribution in [0.25, 0.3) is 32.8 Å². The number of hydrogen-bond donors (Lipinski definition) is 2. The van der Waals surface area contributed by atoms with Crippen LogP contribution in [0.3, 0.4) is 0 Å². The van der Waals surface area contributed by atoms with Crippen molar-refractivity contribution in [2.24, 2.45) is 13.0 Å². The third-order valence-corrected chi connectivity index (χ3v) is 12.1. The van der Waals surface area contributed by atoms with Gasteiger partial charge in [-0.3, -0.25) is 14.4 Å². The van der Waals surface area contributed by atoms with E-state index in [1.54, 1.807) is 0 Å². The number of aliphatic hydroxyl groups excluding tert-OH is 1. The molecule has 2 aromatic heterocycles. The summed E-state index contributed by atoms with van der Waals surface area (Å²) in [5.41, 5.74) is 7.24. The van der Waals surface area contributed by atoms with E-state index in [2.05, 4.69) is 62.9 Å². The molecule has 0 bridgehead atoms. The van der Waals surface area contributed by atoms with E-state index >= 15 is 0 Å². The number of benzene rings is 4. The van der Waals surface area contributed by atoms with Gasteiger partial charge in [-0.1, -0.05) is 68.4 Å². The van der Waals surface area contributed by atoms with Gasteiger partial charge in [-0.15, -0.1) is 0 Å². The number of aliphatic hydroxyl groups is 2. The highest BCUT2D eigenvalue weighted by Gasteiger charge is 2.28. The molecular weight excluding hydrogens is 757 g/mol. The van der Waals surface area contributed by atoms with Gasteiger partial charge in [-0.25, -0.2) is 0 Å². The van der Waals surface area contributed by atoms with Gasteiger partial charge in [0, 0.05) is 92.9 Å². The lowest BCUT2D eigenvalue weighted by atomic mass is 9.98. The summed E-state index contributed by atoms with van der Waals surface area (Å²) in [5.74, 6) is 1.82. The zero-order chi connectivity index (χ0) is 41.8. The summed E-state index contributed by atoms with van der Waals surface area (Å²) in [4.78, 5) is 19.2. The molecule has 0 spiro atoms. The van der Waals surface area contributed by atoms with Crippen LogP contribution >= 0.6 is 0 Å². The Kier molecular flexibility index (Phi) is 12.7. The van der Waals surface area contributed by atoms with Crippen LogP contribution in [0.4, 0.5) is 5.69 Å². The van der Waals surface area contributed by atoms with Crippen LogP contribution in [0, 0.1) is 12.8 Å². The second kappa shape index (κ2) is 18.5. The Morgan fingerprint density at radius 3 is 2.30 bits per heavy atom. The minimum Gasteiger partial charge on any atom is -0.493 e. The van der Waals surface area contributed by atoms with E-state index in [1.165, 1.54) is 0 Å². The molecule has 60 heavy (non-hydrogen) atoms. The monoisotopic (exact) mass is 814 g/mol. The van der Waals surface area contributed by atoms with Gasteiger partial charge in [-0.2, -0.15) is 5.10 Å². The number of rotatable bonds is 15. The molecule has 0 radical (unpaired) electrons. The zero-order valence-electron chi connectivity index (χ0n) is 35.3.